The number of hydrogen-bond donors (Lipinski definition) is 1. The molecular formula is C17H25NO3. The van der Waals surface area contributed by atoms with Gasteiger partial charge in [0.15, 0.2) is 5.79 Å². The molecule has 2 spiro atoms. The summed E-state index contributed by atoms with van der Waals surface area (Å²) in [6.07, 6.45) is 4.04. The lowest BCUT2D eigenvalue weighted by Gasteiger charge is -2.40. The van der Waals surface area contributed by atoms with E-state index < -0.39 is 0 Å². The molecule has 3 aliphatic rings. The predicted molar refractivity (Wildman–Crippen MR) is 82.5 cm³/mol. The molecule has 4 rings (SSSR count). The van der Waals surface area contributed by atoms with Gasteiger partial charge in [-0.3, -0.25) is 0 Å². The predicted octanol–water partition coefficient (Wildman–Crippen LogP) is 3.24. The van der Waals surface area contributed by atoms with E-state index in [1.54, 1.807) is 0 Å². The van der Waals surface area contributed by atoms with Gasteiger partial charge in [-0.1, -0.05) is 19.9 Å². The van der Waals surface area contributed by atoms with Gasteiger partial charge >= 0.3 is 0 Å². The quantitative estimate of drug-likeness (QED) is 0.746. The molecule has 0 aromatic heterocycles. The van der Waals surface area contributed by atoms with Gasteiger partial charge in [0.05, 0.1) is 19.8 Å². The van der Waals surface area contributed by atoms with Crippen LogP contribution in [0.15, 0.2) is 18.2 Å². The number of benzene rings is 1. The summed E-state index contributed by atoms with van der Waals surface area (Å²) in [5, 5.41) is 0. The maximum atomic E-state index is 5.86. The average Bonchev–Trinajstić information content (AvgIpc) is 3.11. The molecule has 116 valence electrons. The van der Waals surface area contributed by atoms with Crippen LogP contribution >= 0.6 is 0 Å². The highest BCUT2D eigenvalue weighted by molar-refractivity contribution is 5.53. The van der Waals surface area contributed by atoms with E-state index in [0.29, 0.717) is 0 Å². The molecular weight excluding hydrogens is 266 g/mol. The van der Waals surface area contributed by atoms with Crippen molar-refractivity contribution in [2.75, 3.05) is 25.6 Å². The summed E-state index contributed by atoms with van der Waals surface area (Å²) in [4.78, 5) is 0. The molecule has 1 aliphatic carbocycles. The number of hydrogen-bond acceptors (Lipinski definition) is 4. The van der Waals surface area contributed by atoms with Gasteiger partial charge in [0.25, 0.3) is 0 Å². The Hall–Kier alpha value is -1.26. The van der Waals surface area contributed by atoms with Gasteiger partial charge in [-0.25, -0.2) is 0 Å². The first-order valence-corrected chi connectivity index (χ1v) is 8.02. The fourth-order valence-electron chi connectivity index (χ4n) is 3.70. The van der Waals surface area contributed by atoms with Crippen LogP contribution in [0.4, 0.5) is 5.69 Å². The Labute approximate surface area is 126 Å². The van der Waals surface area contributed by atoms with Crippen molar-refractivity contribution >= 4 is 5.69 Å². The third-order valence-corrected chi connectivity index (χ3v) is 4.86. The smallest absolute Gasteiger partial charge is 0.168 e. The second-order valence-corrected chi connectivity index (χ2v) is 5.93. The number of rotatable bonds is 0. The van der Waals surface area contributed by atoms with Crippen LogP contribution in [0.25, 0.3) is 0 Å². The minimum atomic E-state index is -0.304. The van der Waals surface area contributed by atoms with Crippen LogP contribution in [0, 0.1) is 0 Å². The maximum Gasteiger partial charge on any atom is 0.168 e. The number of ether oxygens (including phenoxy) is 3. The highest BCUT2D eigenvalue weighted by atomic mass is 16.7. The molecule has 2 N–H and O–H groups in total. The van der Waals surface area contributed by atoms with E-state index in [1.807, 2.05) is 26.0 Å². The van der Waals surface area contributed by atoms with E-state index in [1.165, 1.54) is 5.56 Å². The van der Waals surface area contributed by atoms with Crippen LogP contribution in [0.5, 0.6) is 5.75 Å². The van der Waals surface area contributed by atoms with E-state index in [-0.39, 0.29) is 11.2 Å². The van der Waals surface area contributed by atoms with Gasteiger partial charge in [-0.15, -0.1) is 0 Å². The van der Waals surface area contributed by atoms with Crippen molar-refractivity contribution in [3.63, 3.8) is 0 Å². The third kappa shape index (κ3) is 2.40. The summed E-state index contributed by atoms with van der Waals surface area (Å²) in [6, 6.07) is 6.05. The minimum Gasteiger partial charge on any atom is -0.492 e. The van der Waals surface area contributed by atoms with E-state index in [0.717, 1.165) is 56.9 Å². The summed E-state index contributed by atoms with van der Waals surface area (Å²) in [6.45, 7) is 6.23. The molecule has 0 amide bonds. The lowest BCUT2D eigenvalue weighted by Crippen LogP contribution is -2.42. The summed E-state index contributed by atoms with van der Waals surface area (Å²) in [7, 11) is 0. The van der Waals surface area contributed by atoms with E-state index in [2.05, 4.69) is 6.07 Å². The Kier molecular flexibility index (Phi) is 3.84. The van der Waals surface area contributed by atoms with Crippen molar-refractivity contribution < 1.29 is 14.2 Å². The fraction of sp³-hybridized carbons (Fsp3) is 0.647. The first-order valence-electron chi connectivity index (χ1n) is 8.02. The monoisotopic (exact) mass is 291 g/mol. The standard InChI is InChI=1S/C15H19NO3.C2H6/c16-11-1-2-12-13(9-11)17-10-14(12)3-5-15(6-4-14)18-7-8-19-15;1-2/h1-2,9H,3-8,10,16H2;1-2H3. The second-order valence-electron chi connectivity index (χ2n) is 5.93. The zero-order valence-corrected chi connectivity index (χ0v) is 13.0. The molecule has 21 heavy (non-hydrogen) atoms. The van der Waals surface area contributed by atoms with Crippen LogP contribution < -0.4 is 10.5 Å². The van der Waals surface area contributed by atoms with E-state index >= 15 is 0 Å². The lowest BCUT2D eigenvalue weighted by atomic mass is 9.69. The Morgan fingerprint density at radius 2 is 1.67 bits per heavy atom. The van der Waals surface area contributed by atoms with Crippen molar-refractivity contribution in [1.82, 2.24) is 0 Å². The Bertz CT molecular complexity index is 499. The zero-order valence-electron chi connectivity index (χ0n) is 13.0. The Morgan fingerprint density at radius 1 is 1.00 bits per heavy atom. The number of nitrogens with two attached hydrogens (primary N) is 1. The molecule has 0 bridgehead atoms. The molecule has 1 saturated carbocycles. The van der Waals surface area contributed by atoms with Crippen LogP contribution in [0.2, 0.25) is 0 Å². The summed E-state index contributed by atoms with van der Waals surface area (Å²) in [5.74, 6) is 0.658. The normalized spacial score (nSPS) is 24.3. The molecule has 2 fully saturated rings. The summed E-state index contributed by atoms with van der Waals surface area (Å²) in [5.41, 5.74) is 8.05. The van der Waals surface area contributed by atoms with Gasteiger partial charge in [0, 0.05) is 35.6 Å². The van der Waals surface area contributed by atoms with Crippen molar-refractivity contribution in [1.29, 1.82) is 0 Å². The molecule has 1 aromatic carbocycles. The van der Waals surface area contributed by atoms with Gasteiger partial charge in [-0.05, 0) is 18.9 Å². The molecule has 4 nitrogen and oxygen atoms in total. The van der Waals surface area contributed by atoms with Crippen molar-refractivity contribution in [3.05, 3.63) is 23.8 Å². The van der Waals surface area contributed by atoms with Gasteiger partial charge < -0.3 is 19.9 Å². The van der Waals surface area contributed by atoms with Gasteiger partial charge in [0.2, 0.25) is 0 Å². The van der Waals surface area contributed by atoms with Gasteiger partial charge in [-0.2, -0.15) is 0 Å². The first kappa shape index (κ1) is 14.7. The van der Waals surface area contributed by atoms with Gasteiger partial charge in [0.1, 0.15) is 5.75 Å². The molecule has 0 atom stereocenters. The van der Waals surface area contributed by atoms with Crippen LogP contribution in [-0.4, -0.2) is 25.6 Å². The molecule has 1 aromatic rings. The molecule has 2 aliphatic heterocycles. The minimum absolute atomic E-state index is 0.142. The second kappa shape index (κ2) is 5.50. The molecule has 0 unspecified atom stereocenters. The molecule has 0 radical (unpaired) electrons. The first-order chi connectivity index (χ1) is 10.2. The van der Waals surface area contributed by atoms with Crippen molar-refractivity contribution in [2.45, 2.75) is 50.7 Å². The van der Waals surface area contributed by atoms with E-state index in [9.17, 15) is 0 Å². The number of anilines is 1. The number of fused-ring (bicyclic) bond motifs is 2. The molecule has 4 heteroatoms. The van der Waals surface area contributed by atoms with E-state index in [4.69, 9.17) is 19.9 Å². The SMILES string of the molecule is CC.Nc1ccc2c(c1)OCC21CCC2(CC1)OCCO2. The van der Waals surface area contributed by atoms with Crippen LogP contribution in [-0.2, 0) is 14.9 Å². The van der Waals surface area contributed by atoms with Crippen molar-refractivity contribution in [3.8, 4) is 5.75 Å². The van der Waals surface area contributed by atoms with Crippen LogP contribution in [0.1, 0.15) is 45.1 Å². The molecule has 2 heterocycles. The zero-order chi connectivity index (χ0) is 14.9. The van der Waals surface area contributed by atoms with Crippen molar-refractivity contribution in [2.24, 2.45) is 0 Å². The highest BCUT2D eigenvalue weighted by Crippen LogP contribution is 2.51. The Balaban J connectivity index is 0.000000636. The third-order valence-electron chi connectivity index (χ3n) is 4.86. The fourth-order valence-corrected chi connectivity index (χ4v) is 3.70. The topological polar surface area (TPSA) is 53.7 Å². The largest absolute Gasteiger partial charge is 0.492 e. The molecule has 1 saturated heterocycles. The number of nitrogen functional groups attached to an aromatic ring is 1. The lowest BCUT2D eigenvalue weighted by molar-refractivity contribution is -0.185. The van der Waals surface area contributed by atoms with Crippen LogP contribution in [0.3, 0.4) is 0 Å². The maximum absolute atomic E-state index is 5.86. The average molecular weight is 291 g/mol. The summed E-state index contributed by atoms with van der Waals surface area (Å²) >= 11 is 0. The Morgan fingerprint density at radius 3 is 2.33 bits per heavy atom. The highest BCUT2D eigenvalue weighted by Gasteiger charge is 2.50. The summed E-state index contributed by atoms with van der Waals surface area (Å²) < 4.78 is 17.5.